The van der Waals surface area contributed by atoms with E-state index in [1.54, 1.807) is 28.9 Å². The van der Waals surface area contributed by atoms with E-state index in [-0.39, 0.29) is 17.6 Å². The molecule has 1 fully saturated rings. The van der Waals surface area contributed by atoms with Crippen molar-refractivity contribution in [2.24, 2.45) is 0 Å². The van der Waals surface area contributed by atoms with Crippen LogP contribution in [-0.2, 0) is 4.74 Å². The fourth-order valence-corrected chi connectivity index (χ4v) is 3.93. The van der Waals surface area contributed by atoms with Gasteiger partial charge in [0.15, 0.2) is 0 Å². The third-order valence-electron chi connectivity index (χ3n) is 5.21. The number of hydrogen-bond acceptors (Lipinski definition) is 4. The third-order valence-corrected chi connectivity index (χ3v) is 5.44. The molecule has 0 unspecified atom stereocenters. The highest BCUT2D eigenvalue weighted by Gasteiger charge is 2.22. The number of carbonyl (C=O) groups is 1. The Bertz CT molecular complexity index is 1090. The molecule has 162 valence electrons. The number of amides is 1. The van der Waals surface area contributed by atoms with Crippen molar-refractivity contribution in [2.75, 3.05) is 36.5 Å². The number of ether oxygens (including phenoxy) is 1. The Kier molecular flexibility index (Phi) is 6.25. The van der Waals surface area contributed by atoms with Gasteiger partial charge in [-0.2, -0.15) is 5.10 Å². The van der Waals surface area contributed by atoms with Gasteiger partial charge in [0, 0.05) is 23.8 Å². The van der Waals surface area contributed by atoms with E-state index in [1.807, 2.05) is 30.9 Å². The number of benzene rings is 2. The molecule has 3 aromatic rings. The highest BCUT2D eigenvalue weighted by molar-refractivity contribution is 6.30. The van der Waals surface area contributed by atoms with Crippen LogP contribution in [-0.4, -0.2) is 42.0 Å². The van der Waals surface area contributed by atoms with Gasteiger partial charge in [0.1, 0.15) is 5.82 Å². The molecule has 1 aromatic heterocycles. The van der Waals surface area contributed by atoms with Crippen molar-refractivity contribution < 1.29 is 13.9 Å². The molecular weight excluding hydrogens is 419 g/mol. The molecule has 0 bridgehead atoms. The van der Waals surface area contributed by atoms with E-state index in [1.165, 1.54) is 12.3 Å². The molecule has 4 rings (SSSR count). The van der Waals surface area contributed by atoms with Crippen molar-refractivity contribution in [1.29, 1.82) is 0 Å². The van der Waals surface area contributed by atoms with Gasteiger partial charge in [-0.15, -0.1) is 0 Å². The predicted octanol–water partition coefficient (Wildman–Crippen LogP) is 4.88. The van der Waals surface area contributed by atoms with Gasteiger partial charge < -0.3 is 15.0 Å². The van der Waals surface area contributed by atoms with Gasteiger partial charge in [0.05, 0.1) is 42.0 Å². The van der Waals surface area contributed by atoms with Crippen LogP contribution in [0.25, 0.3) is 5.69 Å². The van der Waals surface area contributed by atoms with Crippen LogP contribution in [0.2, 0.25) is 5.02 Å². The molecule has 1 saturated heterocycles. The van der Waals surface area contributed by atoms with Crippen LogP contribution in [0, 0.1) is 5.82 Å². The highest BCUT2D eigenvalue weighted by atomic mass is 35.5. The first-order valence-electron chi connectivity index (χ1n) is 10.2. The lowest BCUT2D eigenvalue weighted by atomic mass is 10.0. The molecule has 31 heavy (non-hydrogen) atoms. The second kappa shape index (κ2) is 9.08. The van der Waals surface area contributed by atoms with E-state index in [0.717, 1.165) is 11.4 Å². The van der Waals surface area contributed by atoms with E-state index >= 15 is 0 Å². The SMILES string of the molecule is CC(C)c1c(C(=O)Nc2ccc(N3CCOCC3)c(F)c2)cnn1-c1cccc(Cl)c1. The number of halogens is 2. The summed E-state index contributed by atoms with van der Waals surface area (Å²) in [5.41, 5.74) is 2.87. The van der Waals surface area contributed by atoms with E-state index in [9.17, 15) is 9.18 Å². The lowest BCUT2D eigenvalue weighted by molar-refractivity contribution is 0.102. The van der Waals surface area contributed by atoms with Crippen molar-refractivity contribution in [1.82, 2.24) is 9.78 Å². The van der Waals surface area contributed by atoms with Crippen molar-refractivity contribution in [3.63, 3.8) is 0 Å². The van der Waals surface area contributed by atoms with E-state index in [0.29, 0.717) is 48.3 Å². The lowest BCUT2D eigenvalue weighted by Gasteiger charge is -2.29. The molecule has 1 aliphatic rings. The van der Waals surface area contributed by atoms with Crippen molar-refractivity contribution in [3.8, 4) is 5.69 Å². The lowest BCUT2D eigenvalue weighted by Crippen LogP contribution is -2.36. The first kappa shape index (κ1) is 21.3. The van der Waals surface area contributed by atoms with E-state index in [2.05, 4.69) is 10.4 Å². The molecule has 0 aliphatic carbocycles. The number of rotatable bonds is 5. The van der Waals surface area contributed by atoms with Crippen molar-refractivity contribution >= 4 is 28.9 Å². The summed E-state index contributed by atoms with van der Waals surface area (Å²) in [4.78, 5) is 14.9. The van der Waals surface area contributed by atoms with Crippen LogP contribution in [0.3, 0.4) is 0 Å². The number of anilines is 2. The highest BCUT2D eigenvalue weighted by Crippen LogP contribution is 2.27. The number of carbonyl (C=O) groups excluding carboxylic acids is 1. The average Bonchev–Trinajstić information content (AvgIpc) is 3.20. The topological polar surface area (TPSA) is 59.4 Å². The summed E-state index contributed by atoms with van der Waals surface area (Å²) in [6, 6.07) is 12.0. The minimum Gasteiger partial charge on any atom is -0.378 e. The van der Waals surface area contributed by atoms with Crippen LogP contribution in [0.15, 0.2) is 48.7 Å². The molecule has 2 aromatic carbocycles. The molecule has 6 nitrogen and oxygen atoms in total. The maximum atomic E-state index is 14.7. The Balaban J connectivity index is 1.58. The Morgan fingerprint density at radius 3 is 2.65 bits per heavy atom. The first-order chi connectivity index (χ1) is 14.9. The minimum absolute atomic E-state index is 0.0302. The predicted molar refractivity (Wildman–Crippen MR) is 120 cm³/mol. The maximum Gasteiger partial charge on any atom is 0.259 e. The van der Waals surface area contributed by atoms with Gasteiger partial charge in [0.25, 0.3) is 5.91 Å². The molecule has 1 N–H and O–H groups in total. The largest absolute Gasteiger partial charge is 0.378 e. The first-order valence-corrected chi connectivity index (χ1v) is 10.6. The quantitative estimate of drug-likeness (QED) is 0.612. The number of hydrogen-bond donors (Lipinski definition) is 1. The van der Waals surface area contributed by atoms with Gasteiger partial charge in [-0.05, 0) is 42.3 Å². The smallest absolute Gasteiger partial charge is 0.259 e. The Hall–Kier alpha value is -2.90. The maximum absolute atomic E-state index is 14.7. The zero-order valence-electron chi connectivity index (χ0n) is 17.4. The van der Waals surface area contributed by atoms with Gasteiger partial charge in [0.2, 0.25) is 0 Å². The van der Waals surface area contributed by atoms with Crippen LogP contribution >= 0.6 is 11.6 Å². The minimum atomic E-state index is -0.376. The monoisotopic (exact) mass is 442 g/mol. The van der Waals surface area contributed by atoms with Gasteiger partial charge in [-0.25, -0.2) is 9.07 Å². The van der Waals surface area contributed by atoms with Gasteiger partial charge in [-0.1, -0.05) is 31.5 Å². The second-order valence-electron chi connectivity index (χ2n) is 7.71. The Labute approximate surface area is 185 Å². The summed E-state index contributed by atoms with van der Waals surface area (Å²) >= 11 is 6.12. The molecule has 8 heteroatoms. The molecule has 0 saturated carbocycles. The summed E-state index contributed by atoms with van der Waals surface area (Å²) in [6.07, 6.45) is 1.53. The zero-order valence-corrected chi connectivity index (χ0v) is 18.2. The molecule has 0 spiro atoms. The fourth-order valence-electron chi connectivity index (χ4n) is 3.75. The summed E-state index contributed by atoms with van der Waals surface area (Å²) in [7, 11) is 0. The molecule has 2 heterocycles. The normalized spacial score (nSPS) is 14.2. The Morgan fingerprint density at radius 2 is 1.97 bits per heavy atom. The summed E-state index contributed by atoms with van der Waals surface area (Å²) in [6.45, 7) is 6.42. The second-order valence-corrected chi connectivity index (χ2v) is 8.15. The molecular formula is C23H24ClFN4O2. The zero-order chi connectivity index (χ0) is 22.0. The summed E-state index contributed by atoms with van der Waals surface area (Å²) in [5, 5.41) is 7.80. The number of nitrogens with zero attached hydrogens (tertiary/aromatic N) is 3. The summed E-state index contributed by atoms with van der Waals surface area (Å²) < 4.78 is 21.7. The van der Waals surface area contributed by atoms with Gasteiger partial charge >= 0.3 is 0 Å². The van der Waals surface area contributed by atoms with Gasteiger partial charge in [-0.3, -0.25) is 4.79 Å². The van der Waals surface area contributed by atoms with Crippen molar-refractivity contribution in [2.45, 2.75) is 19.8 Å². The summed E-state index contributed by atoms with van der Waals surface area (Å²) in [5.74, 6) is -0.684. The molecule has 0 radical (unpaired) electrons. The standard InChI is InChI=1S/C23H24ClFN4O2/c1-15(2)22-19(14-26-29(22)18-5-3-4-16(24)12-18)23(30)27-17-6-7-21(20(25)13-17)28-8-10-31-11-9-28/h3-7,12-15H,8-11H2,1-2H3,(H,27,30). The van der Waals surface area contributed by atoms with E-state index in [4.69, 9.17) is 16.3 Å². The Morgan fingerprint density at radius 1 is 1.19 bits per heavy atom. The van der Waals surface area contributed by atoms with Crippen molar-refractivity contribution in [3.05, 3.63) is 70.8 Å². The molecule has 0 atom stereocenters. The number of morpholine rings is 1. The fraction of sp³-hybridized carbons (Fsp3) is 0.304. The van der Waals surface area contributed by atoms with Crippen LogP contribution < -0.4 is 10.2 Å². The average molecular weight is 443 g/mol. The molecule has 1 aliphatic heterocycles. The molecule has 1 amide bonds. The van der Waals surface area contributed by atoms with Crippen LogP contribution in [0.1, 0.15) is 35.8 Å². The van der Waals surface area contributed by atoms with Crippen LogP contribution in [0.4, 0.5) is 15.8 Å². The van der Waals surface area contributed by atoms with E-state index < -0.39 is 0 Å². The third kappa shape index (κ3) is 4.57. The number of nitrogens with one attached hydrogen (secondary N) is 1. The number of aromatic nitrogens is 2. The van der Waals surface area contributed by atoms with Crippen LogP contribution in [0.5, 0.6) is 0 Å².